The number of amides is 1. The molecule has 14 heavy (non-hydrogen) atoms. The van der Waals surface area contributed by atoms with Crippen molar-refractivity contribution in [2.75, 3.05) is 0 Å². The molecule has 0 unspecified atom stereocenters. The predicted molar refractivity (Wildman–Crippen MR) is 58.3 cm³/mol. The number of nitrogens with one attached hydrogen (secondary N) is 1. The van der Waals surface area contributed by atoms with Gasteiger partial charge in [0.25, 0.3) is 5.91 Å². The van der Waals surface area contributed by atoms with Gasteiger partial charge < -0.3 is 5.32 Å². The van der Waals surface area contributed by atoms with E-state index in [0.29, 0.717) is 0 Å². The van der Waals surface area contributed by atoms with Gasteiger partial charge in [-0.1, -0.05) is 31.5 Å². The molecule has 0 bridgehead atoms. The van der Waals surface area contributed by atoms with Gasteiger partial charge >= 0.3 is 0 Å². The minimum atomic E-state index is 0.0200. The maximum atomic E-state index is 11.6. The van der Waals surface area contributed by atoms with E-state index in [-0.39, 0.29) is 11.9 Å². The van der Waals surface area contributed by atoms with Gasteiger partial charge in [0.2, 0.25) is 0 Å². The molecular formula is C12H17NO. The summed E-state index contributed by atoms with van der Waals surface area (Å²) in [6, 6.07) is 9.57. The summed E-state index contributed by atoms with van der Waals surface area (Å²) >= 11 is 0. The lowest BCUT2D eigenvalue weighted by atomic mass is 10.1. The molecule has 2 nitrogen and oxygen atoms in total. The van der Waals surface area contributed by atoms with Gasteiger partial charge in [-0.15, -0.1) is 0 Å². The second-order valence-corrected chi connectivity index (χ2v) is 3.53. The molecule has 76 valence electrons. The zero-order valence-electron chi connectivity index (χ0n) is 8.79. The number of rotatable bonds is 4. The van der Waals surface area contributed by atoms with Crippen LogP contribution in [0.4, 0.5) is 0 Å². The van der Waals surface area contributed by atoms with Gasteiger partial charge in [0, 0.05) is 11.6 Å². The third-order valence-corrected chi connectivity index (χ3v) is 2.14. The maximum absolute atomic E-state index is 11.6. The molecule has 0 saturated carbocycles. The molecule has 0 aliphatic heterocycles. The minimum Gasteiger partial charge on any atom is -0.350 e. The van der Waals surface area contributed by atoms with Crippen LogP contribution < -0.4 is 5.32 Å². The lowest BCUT2D eigenvalue weighted by Crippen LogP contribution is -2.32. The summed E-state index contributed by atoms with van der Waals surface area (Å²) in [6.45, 7) is 4.15. The Kier molecular flexibility index (Phi) is 4.17. The average Bonchev–Trinajstić information content (AvgIpc) is 2.19. The van der Waals surface area contributed by atoms with Crippen molar-refractivity contribution in [3.63, 3.8) is 0 Å². The summed E-state index contributed by atoms with van der Waals surface area (Å²) in [4.78, 5) is 11.6. The molecule has 0 radical (unpaired) electrons. The first kappa shape index (κ1) is 10.8. The lowest BCUT2D eigenvalue weighted by molar-refractivity contribution is 0.0938. The first-order valence-electron chi connectivity index (χ1n) is 5.10. The van der Waals surface area contributed by atoms with Crippen LogP contribution >= 0.6 is 0 Å². The molecule has 1 N–H and O–H groups in total. The second kappa shape index (κ2) is 5.43. The Balaban J connectivity index is 2.51. The van der Waals surface area contributed by atoms with E-state index in [4.69, 9.17) is 0 Å². The van der Waals surface area contributed by atoms with E-state index in [2.05, 4.69) is 12.2 Å². The minimum absolute atomic E-state index is 0.0200. The Bertz CT molecular complexity index is 282. The van der Waals surface area contributed by atoms with E-state index in [1.165, 1.54) is 0 Å². The van der Waals surface area contributed by atoms with Crippen LogP contribution in [0.5, 0.6) is 0 Å². The topological polar surface area (TPSA) is 29.1 Å². The Labute approximate surface area is 85.3 Å². The Morgan fingerprint density at radius 2 is 2.00 bits per heavy atom. The van der Waals surface area contributed by atoms with Crippen molar-refractivity contribution in [3.05, 3.63) is 35.9 Å². The highest BCUT2D eigenvalue weighted by Gasteiger charge is 2.07. The van der Waals surface area contributed by atoms with Crippen molar-refractivity contribution in [1.29, 1.82) is 0 Å². The highest BCUT2D eigenvalue weighted by molar-refractivity contribution is 5.94. The summed E-state index contributed by atoms with van der Waals surface area (Å²) in [5.74, 6) is 0.0200. The average molecular weight is 191 g/mol. The predicted octanol–water partition coefficient (Wildman–Crippen LogP) is 2.61. The number of carbonyl (C=O) groups excluding carboxylic acids is 1. The van der Waals surface area contributed by atoms with Crippen LogP contribution in [-0.4, -0.2) is 11.9 Å². The van der Waals surface area contributed by atoms with E-state index in [9.17, 15) is 4.79 Å². The Hall–Kier alpha value is -1.31. The fourth-order valence-corrected chi connectivity index (χ4v) is 1.40. The van der Waals surface area contributed by atoms with Crippen molar-refractivity contribution in [1.82, 2.24) is 5.32 Å². The van der Waals surface area contributed by atoms with Gasteiger partial charge in [-0.05, 0) is 25.5 Å². The van der Waals surface area contributed by atoms with Crippen molar-refractivity contribution < 1.29 is 4.79 Å². The van der Waals surface area contributed by atoms with Crippen molar-refractivity contribution in [3.8, 4) is 0 Å². The highest BCUT2D eigenvalue weighted by atomic mass is 16.1. The maximum Gasteiger partial charge on any atom is 0.251 e. The van der Waals surface area contributed by atoms with Crippen LogP contribution in [0.25, 0.3) is 0 Å². The highest BCUT2D eigenvalue weighted by Crippen LogP contribution is 2.01. The molecule has 0 aromatic heterocycles. The number of hydrogen-bond donors (Lipinski definition) is 1. The molecule has 1 amide bonds. The van der Waals surface area contributed by atoms with Gasteiger partial charge in [0.05, 0.1) is 0 Å². The number of carbonyl (C=O) groups is 1. The standard InChI is InChI=1S/C12H17NO/c1-3-7-10(2)13-12(14)11-8-5-4-6-9-11/h4-6,8-10H,3,7H2,1-2H3,(H,13,14)/t10-/m0/s1. The quantitative estimate of drug-likeness (QED) is 0.778. The van der Waals surface area contributed by atoms with Crippen molar-refractivity contribution in [2.45, 2.75) is 32.7 Å². The molecule has 2 heteroatoms. The monoisotopic (exact) mass is 191 g/mol. The van der Waals surface area contributed by atoms with Crippen LogP contribution in [0.15, 0.2) is 30.3 Å². The molecular weight excluding hydrogens is 174 g/mol. The second-order valence-electron chi connectivity index (χ2n) is 3.53. The molecule has 0 fully saturated rings. The van der Waals surface area contributed by atoms with Crippen LogP contribution in [0.1, 0.15) is 37.0 Å². The van der Waals surface area contributed by atoms with E-state index < -0.39 is 0 Å². The van der Waals surface area contributed by atoms with E-state index in [0.717, 1.165) is 18.4 Å². The molecule has 1 atom stereocenters. The van der Waals surface area contributed by atoms with E-state index in [1.54, 1.807) is 0 Å². The third kappa shape index (κ3) is 3.21. The third-order valence-electron chi connectivity index (χ3n) is 2.14. The molecule has 0 aliphatic carbocycles. The van der Waals surface area contributed by atoms with E-state index >= 15 is 0 Å². The molecule has 1 rings (SSSR count). The summed E-state index contributed by atoms with van der Waals surface area (Å²) in [5.41, 5.74) is 0.732. The van der Waals surface area contributed by atoms with Gasteiger partial charge in [-0.2, -0.15) is 0 Å². The first-order valence-corrected chi connectivity index (χ1v) is 5.10. The zero-order valence-corrected chi connectivity index (χ0v) is 8.79. The van der Waals surface area contributed by atoms with Gasteiger partial charge in [0.15, 0.2) is 0 Å². The van der Waals surface area contributed by atoms with E-state index in [1.807, 2.05) is 37.3 Å². The van der Waals surface area contributed by atoms with Gasteiger partial charge in [0.1, 0.15) is 0 Å². The van der Waals surface area contributed by atoms with Crippen LogP contribution in [0.2, 0.25) is 0 Å². The molecule has 0 saturated heterocycles. The van der Waals surface area contributed by atoms with Crippen LogP contribution in [-0.2, 0) is 0 Å². The molecule has 1 aromatic rings. The Morgan fingerprint density at radius 1 is 1.36 bits per heavy atom. The fourth-order valence-electron chi connectivity index (χ4n) is 1.40. The van der Waals surface area contributed by atoms with Crippen molar-refractivity contribution in [2.24, 2.45) is 0 Å². The molecule has 0 heterocycles. The van der Waals surface area contributed by atoms with Gasteiger partial charge in [-0.25, -0.2) is 0 Å². The first-order chi connectivity index (χ1) is 6.74. The molecule has 0 spiro atoms. The summed E-state index contributed by atoms with van der Waals surface area (Å²) < 4.78 is 0. The fraction of sp³-hybridized carbons (Fsp3) is 0.417. The Morgan fingerprint density at radius 3 is 2.57 bits per heavy atom. The number of hydrogen-bond acceptors (Lipinski definition) is 1. The summed E-state index contributed by atoms with van der Waals surface area (Å²) in [5, 5.41) is 2.96. The summed E-state index contributed by atoms with van der Waals surface area (Å²) in [7, 11) is 0. The van der Waals surface area contributed by atoms with Gasteiger partial charge in [-0.3, -0.25) is 4.79 Å². The lowest BCUT2D eigenvalue weighted by Gasteiger charge is -2.12. The normalized spacial score (nSPS) is 12.1. The van der Waals surface area contributed by atoms with Crippen LogP contribution in [0, 0.1) is 0 Å². The zero-order chi connectivity index (χ0) is 10.4. The summed E-state index contributed by atoms with van der Waals surface area (Å²) in [6.07, 6.45) is 2.12. The molecule has 0 aliphatic rings. The van der Waals surface area contributed by atoms with Crippen molar-refractivity contribution >= 4 is 5.91 Å². The number of benzene rings is 1. The SMILES string of the molecule is CCC[C@H](C)NC(=O)c1ccccc1. The molecule has 1 aromatic carbocycles. The smallest absolute Gasteiger partial charge is 0.251 e. The largest absolute Gasteiger partial charge is 0.350 e. The van der Waals surface area contributed by atoms with Crippen LogP contribution in [0.3, 0.4) is 0 Å².